The van der Waals surface area contributed by atoms with Crippen LogP contribution in [0.3, 0.4) is 0 Å². The van der Waals surface area contributed by atoms with Gasteiger partial charge in [0.05, 0.1) is 18.2 Å². The number of halogens is 2. The highest BCUT2D eigenvalue weighted by atomic mass is 35.5. The lowest BCUT2D eigenvalue weighted by Gasteiger charge is -2.14. The SMILES string of the molecule is C[C@@H](NC(=O)Cc1c(Cl)cccc1Cl)c1nnnn1-c1ccccc1. The van der Waals surface area contributed by atoms with Gasteiger partial charge in [-0.05, 0) is 47.2 Å². The van der Waals surface area contributed by atoms with Gasteiger partial charge in [-0.1, -0.05) is 47.5 Å². The lowest BCUT2D eigenvalue weighted by atomic mass is 10.1. The average molecular weight is 376 g/mol. The van der Waals surface area contributed by atoms with Crippen LogP contribution in [0.1, 0.15) is 24.4 Å². The van der Waals surface area contributed by atoms with E-state index >= 15 is 0 Å². The van der Waals surface area contributed by atoms with E-state index in [-0.39, 0.29) is 18.4 Å². The summed E-state index contributed by atoms with van der Waals surface area (Å²) in [6.07, 6.45) is 0.0791. The highest BCUT2D eigenvalue weighted by Gasteiger charge is 2.19. The van der Waals surface area contributed by atoms with Gasteiger partial charge < -0.3 is 5.32 Å². The molecule has 6 nitrogen and oxygen atoms in total. The van der Waals surface area contributed by atoms with Crippen LogP contribution >= 0.6 is 23.2 Å². The molecule has 2 aromatic carbocycles. The van der Waals surface area contributed by atoms with Crippen molar-refractivity contribution in [2.24, 2.45) is 0 Å². The number of benzene rings is 2. The first-order valence-corrected chi connectivity index (χ1v) is 8.38. The zero-order chi connectivity index (χ0) is 17.8. The van der Waals surface area contributed by atoms with Gasteiger partial charge in [-0.2, -0.15) is 4.68 Å². The van der Waals surface area contributed by atoms with E-state index in [0.717, 1.165) is 5.69 Å². The normalized spacial score (nSPS) is 12.0. The molecule has 0 unspecified atom stereocenters. The minimum atomic E-state index is -0.385. The molecule has 0 radical (unpaired) electrons. The standard InChI is InChI=1S/C17H15Cl2N5O/c1-11(17-21-22-23-24(17)12-6-3-2-4-7-12)20-16(25)10-13-14(18)8-5-9-15(13)19/h2-9,11H,10H2,1H3,(H,20,25)/t11-/m1/s1. The number of rotatable bonds is 5. The summed E-state index contributed by atoms with van der Waals surface area (Å²) < 4.78 is 1.59. The van der Waals surface area contributed by atoms with E-state index in [1.165, 1.54) is 0 Å². The van der Waals surface area contributed by atoms with Crippen LogP contribution in [-0.4, -0.2) is 26.1 Å². The summed E-state index contributed by atoms with van der Waals surface area (Å²) in [7, 11) is 0. The van der Waals surface area contributed by atoms with Gasteiger partial charge in [-0.3, -0.25) is 4.79 Å². The molecule has 3 rings (SSSR count). The molecule has 1 aromatic heterocycles. The first kappa shape index (κ1) is 17.4. The number of tetrazole rings is 1. The summed E-state index contributed by atoms with van der Waals surface area (Å²) in [6, 6.07) is 14.2. The molecule has 0 aliphatic carbocycles. The summed E-state index contributed by atoms with van der Waals surface area (Å²) in [4.78, 5) is 12.4. The lowest BCUT2D eigenvalue weighted by Crippen LogP contribution is -2.30. The first-order chi connectivity index (χ1) is 12.1. The Hall–Kier alpha value is -2.44. The Morgan fingerprint density at radius 1 is 1.12 bits per heavy atom. The van der Waals surface area contributed by atoms with Crippen LogP contribution in [0.4, 0.5) is 0 Å². The molecule has 1 atom stereocenters. The van der Waals surface area contributed by atoms with Crippen LogP contribution in [0.5, 0.6) is 0 Å². The topological polar surface area (TPSA) is 72.7 Å². The van der Waals surface area contributed by atoms with Gasteiger partial charge in [0.2, 0.25) is 5.91 Å². The molecule has 3 aromatic rings. The number of hydrogen-bond donors (Lipinski definition) is 1. The summed E-state index contributed by atoms with van der Waals surface area (Å²) in [6.45, 7) is 1.82. The molecule has 1 N–H and O–H groups in total. The van der Waals surface area contributed by atoms with Crippen molar-refractivity contribution in [3.8, 4) is 5.69 Å². The summed E-state index contributed by atoms with van der Waals surface area (Å²) in [5, 5.41) is 15.5. The Morgan fingerprint density at radius 3 is 2.48 bits per heavy atom. The van der Waals surface area contributed by atoms with Gasteiger partial charge in [-0.15, -0.1) is 5.10 Å². The minimum Gasteiger partial charge on any atom is -0.346 e. The van der Waals surface area contributed by atoms with Gasteiger partial charge in [0, 0.05) is 10.0 Å². The third-order valence-electron chi connectivity index (χ3n) is 3.66. The zero-order valence-corrected chi connectivity index (χ0v) is 14.9. The molecule has 0 spiro atoms. The predicted molar refractivity (Wildman–Crippen MR) is 95.9 cm³/mol. The molecule has 128 valence electrons. The molecule has 25 heavy (non-hydrogen) atoms. The van der Waals surface area contributed by atoms with Crippen molar-refractivity contribution >= 4 is 29.1 Å². The fraction of sp³-hybridized carbons (Fsp3) is 0.176. The maximum absolute atomic E-state index is 12.4. The number of para-hydroxylation sites is 1. The molecule has 1 amide bonds. The van der Waals surface area contributed by atoms with E-state index in [2.05, 4.69) is 20.8 Å². The van der Waals surface area contributed by atoms with Crippen LogP contribution in [0.2, 0.25) is 10.0 Å². The second-order valence-electron chi connectivity index (χ2n) is 5.45. The number of aromatic nitrogens is 4. The molecule has 0 aliphatic rings. The molecule has 0 saturated carbocycles. The molecule has 1 heterocycles. The van der Waals surface area contributed by atoms with Crippen molar-refractivity contribution < 1.29 is 4.79 Å². The second kappa shape index (κ2) is 7.63. The van der Waals surface area contributed by atoms with Crippen molar-refractivity contribution in [3.05, 3.63) is 70.0 Å². The number of amides is 1. The third kappa shape index (κ3) is 3.97. The van der Waals surface area contributed by atoms with Gasteiger partial charge in [0.25, 0.3) is 0 Å². The molecule has 0 aliphatic heterocycles. The van der Waals surface area contributed by atoms with Crippen molar-refractivity contribution in [2.45, 2.75) is 19.4 Å². The first-order valence-electron chi connectivity index (χ1n) is 7.62. The summed E-state index contributed by atoms with van der Waals surface area (Å²) in [5.41, 5.74) is 1.41. The second-order valence-corrected chi connectivity index (χ2v) is 6.27. The Kier molecular flexibility index (Phi) is 5.31. The fourth-order valence-electron chi connectivity index (χ4n) is 2.44. The quantitative estimate of drug-likeness (QED) is 0.741. The number of hydrogen-bond acceptors (Lipinski definition) is 4. The van der Waals surface area contributed by atoms with Gasteiger partial charge in [0.1, 0.15) is 0 Å². The van der Waals surface area contributed by atoms with E-state index in [1.807, 2.05) is 37.3 Å². The molecule has 8 heteroatoms. The molecular weight excluding hydrogens is 361 g/mol. The van der Waals surface area contributed by atoms with E-state index in [4.69, 9.17) is 23.2 Å². The smallest absolute Gasteiger partial charge is 0.225 e. The molecule has 0 saturated heterocycles. The van der Waals surface area contributed by atoms with Crippen molar-refractivity contribution in [1.29, 1.82) is 0 Å². The van der Waals surface area contributed by atoms with E-state index in [0.29, 0.717) is 21.4 Å². The van der Waals surface area contributed by atoms with Gasteiger partial charge in [-0.25, -0.2) is 0 Å². The van der Waals surface area contributed by atoms with Crippen LogP contribution in [-0.2, 0) is 11.2 Å². The van der Waals surface area contributed by atoms with Crippen LogP contribution in [0, 0.1) is 0 Å². The Morgan fingerprint density at radius 2 is 1.80 bits per heavy atom. The van der Waals surface area contributed by atoms with Crippen LogP contribution in [0.25, 0.3) is 5.69 Å². The lowest BCUT2D eigenvalue weighted by molar-refractivity contribution is -0.121. The molecular formula is C17H15Cl2N5O. The van der Waals surface area contributed by atoms with E-state index in [9.17, 15) is 4.79 Å². The fourth-order valence-corrected chi connectivity index (χ4v) is 2.97. The maximum atomic E-state index is 12.4. The van der Waals surface area contributed by atoms with Gasteiger partial charge >= 0.3 is 0 Å². The highest BCUT2D eigenvalue weighted by molar-refractivity contribution is 6.36. The van der Waals surface area contributed by atoms with Crippen molar-refractivity contribution in [2.75, 3.05) is 0 Å². The largest absolute Gasteiger partial charge is 0.346 e. The number of carbonyl (C=O) groups excluding carboxylic acids is 1. The van der Waals surface area contributed by atoms with Crippen LogP contribution < -0.4 is 5.32 Å². The Labute approximate surface area is 154 Å². The zero-order valence-electron chi connectivity index (χ0n) is 13.4. The van der Waals surface area contributed by atoms with Crippen molar-refractivity contribution in [1.82, 2.24) is 25.5 Å². The minimum absolute atomic E-state index is 0.0791. The monoisotopic (exact) mass is 375 g/mol. The Bertz CT molecular complexity index is 862. The summed E-state index contributed by atoms with van der Waals surface area (Å²) in [5.74, 6) is 0.315. The van der Waals surface area contributed by atoms with E-state index < -0.39 is 0 Å². The summed E-state index contributed by atoms with van der Waals surface area (Å²) >= 11 is 12.2. The molecule has 0 fully saturated rings. The average Bonchev–Trinajstić information content (AvgIpc) is 3.09. The van der Waals surface area contributed by atoms with Gasteiger partial charge in [0.15, 0.2) is 5.82 Å². The maximum Gasteiger partial charge on any atom is 0.225 e. The van der Waals surface area contributed by atoms with E-state index in [1.54, 1.807) is 22.9 Å². The van der Waals surface area contributed by atoms with Crippen molar-refractivity contribution in [3.63, 3.8) is 0 Å². The number of nitrogens with zero attached hydrogens (tertiary/aromatic N) is 4. The number of carbonyl (C=O) groups is 1. The highest BCUT2D eigenvalue weighted by Crippen LogP contribution is 2.25. The Balaban J connectivity index is 1.74. The molecule has 0 bridgehead atoms. The predicted octanol–water partition coefficient (Wildman–Crippen LogP) is 3.39. The third-order valence-corrected chi connectivity index (χ3v) is 4.37. The number of nitrogens with one attached hydrogen (secondary N) is 1. The van der Waals surface area contributed by atoms with Crippen LogP contribution in [0.15, 0.2) is 48.5 Å².